The van der Waals surface area contributed by atoms with Crippen LogP contribution in [0.4, 0.5) is 5.82 Å². The van der Waals surface area contributed by atoms with Gasteiger partial charge < -0.3 is 87.1 Å². The van der Waals surface area contributed by atoms with E-state index in [4.69, 9.17) is 15.2 Å². The van der Waals surface area contributed by atoms with Crippen LogP contribution in [-0.4, -0.2) is 173 Å². The van der Waals surface area contributed by atoms with Gasteiger partial charge in [-0.3, -0.25) is 9.59 Å². The molecule has 24 atom stereocenters. The van der Waals surface area contributed by atoms with E-state index in [9.17, 15) is 55.5 Å². The maximum absolute atomic E-state index is 14.4. The van der Waals surface area contributed by atoms with Crippen molar-refractivity contribution in [1.29, 1.82) is 0 Å². The quantitative estimate of drug-likeness (QED) is 0.0666. The number of amides is 1. The summed E-state index contributed by atoms with van der Waals surface area (Å²) < 4.78 is 12.6. The zero-order chi connectivity index (χ0) is 54.7. The van der Waals surface area contributed by atoms with Crippen molar-refractivity contribution in [3.8, 4) is 0 Å². The number of nitrogens with two attached hydrogens (primary N) is 1. The molecule has 2 aromatic rings. The first-order valence-corrected chi connectivity index (χ1v) is 27.9. The highest BCUT2D eigenvalue weighted by molar-refractivity contribution is 5.82. The number of fused-ring (bicyclic) bond motifs is 11. The van der Waals surface area contributed by atoms with Gasteiger partial charge in [-0.05, 0) is 128 Å². The van der Waals surface area contributed by atoms with Crippen LogP contribution in [0.15, 0.2) is 30.5 Å². The Hall–Kier alpha value is -3.58. The largest absolute Gasteiger partial charge is 0.481 e. The third-order valence-corrected chi connectivity index (χ3v) is 23.0. The van der Waals surface area contributed by atoms with Gasteiger partial charge in [-0.25, -0.2) is 9.97 Å². The minimum atomic E-state index is -1.70. The van der Waals surface area contributed by atoms with E-state index >= 15 is 0 Å². The number of carbonyl (C=O) groups is 2. The number of hydrogen-bond acceptors (Lipinski definition) is 17. The average molecular weight is 1070 g/mol. The molecule has 16 N–H and O–H groups in total. The van der Waals surface area contributed by atoms with E-state index in [1.54, 1.807) is 25.9 Å². The number of imidazole rings is 2. The van der Waals surface area contributed by atoms with E-state index in [-0.39, 0.29) is 43.3 Å². The van der Waals surface area contributed by atoms with Crippen molar-refractivity contribution < 1.29 is 65.0 Å². The van der Waals surface area contributed by atoms with Crippen molar-refractivity contribution in [2.45, 2.75) is 147 Å². The number of ether oxygens (including phenoxy) is 2. The molecule has 0 spiro atoms. The van der Waals surface area contributed by atoms with Crippen LogP contribution in [0.1, 0.15) is 103 Å². The van der Waals surface area contributed by atoms with Gasteiger partial charge in [0.2, 0.25) is 5.91 Å². The molecule has 0 unspecified atom stereocenters. The summed E-state index contributed by atoms with van der Waals surface area (Å²) in [6.45, 7) is 10.2. The second-order valence-corrected chi connectivity index (χ2v) is 26.1. The highest BCUT2D eigenvalue weighted by Crippen LogP contribution is 2.79. The molecule has 21 heteroatoms. The Kier molecular flexibility index (Phi) is 14.8. The smallest absolute Gasteiger partial charge is 0.310 e. The molecule has 2 aromatic heterocycles. The maximum atomic E-state index is 14.4. The van der Waals surface area contributed by atoms with Crippen LogP contribution >= 0.6 is 0 Å². The molecule has 3 aliphatic heterocycles. The zero-order valence-corrected chi connectivity index (χ0v) is 44.9. The van der Waals surface area contributed by atoms with Gasteiger partial charge in [0.25, 0.3) is 0 Å². The summed E-state index contributed by atoms with van der Waals surface area (Å²) in [4.78, 5) is 44.4. The van der Waals surface area contributed by atoms with Crippen LogP contribution in [0.25, 0.3) is 0 Å². The third kappa shape index (κ3) is 8.12. The number of aliphatic hydroxyl groups is 8. The van der Waals surface area contributed by atoms with Crippen LogP contribution < -0.4 is 21.7 Å². The molecule has 0 radical (unpaired) electrons. The van der Waals surface area contributed by atoms with Gasteiger partial charge in [0.05, 0.1) is 61.7 Å². The molecule has 76 heavy (non-hydrogen) atoms. The number of aromatic nitrogens is 4. The van der Waals surface area contributed by atoms with Crippen molar-refractivity contribution >= 4 is 17.7 Å². The van der Waals surface area contributed by atoms with E-state index in [0.717, 1.165) is 11.3 Å². The summed E-state index contributed by atoms with van der Waals surface area (Å²) in [6.07, 6.45) is 1.31. The Balaban J connectivity index is 1.15. The summed E-state index contributed by atoms with van der Waals surface area (Å²) in [6, 6.07) is -0.661. The lowest BCUT2D eigenvalue weighted by molar-refractivity contribution is -0.341. The first-order valence-electron chi connectivity index (χ1n) is 27.9. The fourth-order valence-corrected chi connectivity index (χ4v) is 18.8. The number of carboxylic acid groups (broad SMARTS) is 1. The van der Waals surface area contributed by atoms with Gasteiger partial charge in [-0.15, -0.1) is 0 Å². The SMILES string of the molecule is CNC[C@H](C[C@@H](c1cnc[nH]1)[C@@H]1NC(=O)[C@@H](CO)[C@H]1C[C@H]1[C@@H](O)[C@@H](O[C@@H]2OC[C@@H](O)[C@H](O)[C@H]2O)[C@@](C)(CO)[C@H]2CC[C@]3(C)[C@H](CC=C4[C@@H]5C[C@@](C)(CO)CC[C@]5(C(=O)O)[C@H]5CNc6nc[nH]c6C[C@@H]5[C@]43C)[C@]21C)[C@@H](N)O. The first kappa shape index (κ1) is 55.7. The van der Waals surface area contributed by atoms with Gasteiger partial charge in [-0.1, -0.05) is 46.3 Å². The minimum absolute atomic E-state index is 0.0762. The fourth-order valence-electron chi connectivity index (χ4n) is 18.8. The number of H-pyrrole nitrogens is 2. The number of nitrogens with one attached hydrogen (secondary N) is 5. The summed E-state index contributed by atoms with van der Waals surface area (Å²) in [7, 11) is 1.77. The lowest BCUT2D eigenvalue weighted by atomic mass is 9.29. The second-order valence-electron chi connectivity index (χ2n) is 26.1. The number of aliphatic carboxylic acids is 1. The minimum Gasteiger partial charge on any atom is -0.481 e. The maximum Gasteiger partial charge on any atom is 0.310 e. The predicted molar refractivity (Wildman–Crippen MR) is 275 cm³/mol. The summed E-state index contributed by atoms with van der Waals surface area (Å²) >= 11 is 0. The first-order chi connectivity index (χ1) is 36.0. The Morgan fingerprint density at radius 1 is 0.987 bits per heavy atom. The number of hydrogen-bond donors (Lipinski definition) is 15. The molecule has 5 aliphatic carbocycles. The summed E-state index contributed by atoms with van der Waals surface area (Å²) in [5, 5.41) is 113. The van der Waals surface area contributed by atoms with Crippen LogP contribution in [0, 0.1) is 85.8 Å². The molecule has 10 rings (SSSR count). The number of aromatic amines is 2. The normalized spacial score (nSPS) is 47.0. The number of carbonyl (C=O) groups excluding carboxylic acids is 1. The summed E-state index contributed by atoms with van der Waals surface area (Å²) in [5.74, 6) is -5.38. The number of allylic oxidation sites excluding steroid dienone is 2. The number of rotatable bonds is 15. The fraction of sp³-hybridized carbons (Fsp3) is 0.818. The molecule has 8 aliphatic rings. The van der Waals surface area contributed by atoms with Crippen molar-refractivity contribution in [2.24, 2.45) is 91.5 Å². The number of nitrogens with zero attached hydrogens (tertiary/aromatic N) is 2. The monoisotopic (exact) mass is 1070 g/mol. The predicted octanol–water partition coefficient (Wildman–Crippen LogP) is 0.805. The molecule has 0 bridgehead atoms. The second kappa shape index (κ2) is 20.2. The van der Waals surface area contributed by atoms with Crippen molar-refractivity contribution in [3.63, 3.8) is 0 Å². The Morgan fingerprint density at radius 2 is 1.75 bits per heavy atom. The van der Waals surface area contributed by atoms with E-state index in [0.29, 0.717) is 76.0 Å². The van der Waals surface area contributed by atoms with E-state index in [1.165, 1.54) is 0 Å². The number of aliphatic hydroxyl groups excluding tert-OH is 8. The molecule has 2 saturated heterocycles. The topological polar surface area (TPSA) is 354 Å². The van der Waals surface area contributed by atoms with Crippen LogP contribution in [-0.2, 0) is 25.5 Å². The molecular formula is C55H86N8O13. The lowest BCUT2D eigenvalue weighted by Gasteiger charge is -2.75. The molecule has 21 nitrogen and oxygen atoms in total. The van der Waals surface area contributed by atoms with E-state index in [1.807, 2.05) is 6.92 Å². The highest BCUT2D eigenvalue weighted by Gasteiger charge is 2.77. The molecule has 424 valence electrons. The molecule has 0 aromatic carbocycles. The van der Waals surface area contributed by atoms with Crippen molar-refractivity contribution in [1.82, 2.24) is 30.6 Å². The molecule has 6 fully saturated rings. The van der Waals surface area contributed by atoms with E-state index in [2.05, 4.69) is 69.7 Å². The van der Waals surface area contributed by atoms with Gasteiger partial charge in [0, 0.05) is 54.9 Å². The molecule has 4 saturated carbocycles. The zero-order valence-electron chi connectivity index (χ0n) is 44.9. The molecular weight excluding hydrogens is 981 g/mol. The molecule has 5 heterocycles. The van der Waals surface area contributed by atoms with Gasteiger partial charge in [0.15, 0.2) is 6.29 Å². The van der Waals surface area contributed by atoms with Crippen LogP contribution in [0.2, 0.25) is 0 Å². The Labute approximate surface area is 444 Å². The Morgan fingerprint density at radius 3 is 2.41 bits per heavy atom. The van der Waals surface area contributed by atoms with Crippen molar-refractivity contribution in [2.75, 3.05) is 51.9 Å². The van der Waals surface area contributed by atoms with Gasteiger partial charge >= 0.3 is 5.97 Å². The van der Waals surface area contributed by atoms with Crippen molar-refractivity contribution in [3.05, 3.63) is 41.9 Å². The van der Waals surface area contributed by atoms with Gasteiger partial charge in [-0.2, -0.15) is 0 Å². The van der Waals surface area contributed by atoms with E-state index < -0.39 is 142 Å². The number of carboxylic acids is 1. The van der Waals surface area contributed by atoms with Crippen LogP contribution in [0.5, 0.6) is 0 Å². The van der Waals surface area contributed by atoms with Crippen LogP contribution in [0.3, 0.4) is 0 Å². The van der Waals surface area contributed by atoms with Gasteiger partial charge in [0.1, 0.15) is 30.4 Å². The molecule has 1 amide bonds. The highest BCUT2D eigenvalue weighted by atomic mass is 16.7. The summed E-state index contributed by atoms with van der Waals surface area (Å²) in [5.41, 5.74) is 3.87. The standard InChI is InChI=1S/C55H86N8O13/c1-50(22-65)11-12-55(49(73)74)33(16-50)30-7-8-39-52(3,54(30,5)31-15-35-46(62-25-61-35)59-18-34(31)55)10-9-38-51(2,23-66)44(76-48-43(70)42(69)37(67)21-75-48)41(68)32(53(38,39)4)14-27-29(20-64)47(72)63-40(27)28(36-19-58-24-60-36)13-26(17-57-6)45(56)71/h7,19,24-29,31-34,37-45,48,57,59,64-71H,8-18,20-23,56H2,1-6H3,(H,58,60)(H,61,62)(H,63,72)(H,73,74)/t26-,27+,28-,29-,31-,32-,33-,34-,37+,38+,39-,40+,41+,42-,43+,44+,45-,48-,50-,51-,52+,53-,54-,55+/m0/s1. The Bertz CT molecular complexity index is 2460. The average Bonchev–Trinajstić information content (AvgIpc) is 3.79. The lowest BCUT2D eigenvalue weighted by Crippen LogP contribution is -2.74. The third-order valence-electron chi connectivity index (χ3n) is 23.0. The number of anilines is 1.